The minimum Gasteiger partial charge on any atom is -0.550 e. The summed E-state index contributed by atoms with van der Waals surface area (Å²) >= 11 is 0. The highest BCUT2D eigenvalue weighted by Crippen LogP contribution is 2.02. The van der Waals surface area contributed by atoms with Gasteiger partial charge in [-0.2, -0.15) is 0 Å². The quantitative estimate of drug-likeness (QED) is 0.590. The van der Waals surface area contributed by atoms with Crippen LogP contribution in [0.3, 0.4) is 0 Å². The van der Waals surface area contributed by atoms with Crippen LogP contribution in [0, 0.1) is 0 Å². The molecule has 0 aliphatic rings. The summed E-state index contributed by atoms with van der Waals surface area (Å²) in [4.78, 5) is 9.94. The molecular weight excluding hydrogens is 132 g/mol. The maximum atomic E-state index is 9.94. The third-order valence-electron chi connectivity index (χ3n) is 1.16. The standard InChI is InChI=1S/C7H8O3/c8-7(9)4-3-6-2-1-5-10-6/h1-2,5H,3-4H2,(H,8,9)/p-1. The summed E-state index contributed by atoms with van der Waals surface area (Å²) in [6.45, 7) is 0. The van der Waals surface area contributed by atoms with E-state index in [9.17, 15) is 9.90 Å². The van der Waals surface area contributed by atoms with Crippen LogP contribution in [0.5, 0.6) is 0 Å². The van der Waals surface area contributed by atoms with Crippen LogP contribution >= 0.6 is 0 Å². The molecule has 54 valence electrons. The molecule has 1 aromatic heterocycles. The molecule has 1 aromatic rings. The third kappa shape index (κ3) is 1.93. The highest BCUT2D eigenvalue weighted by molar-refractivity contribution is 5.64. The number of hydrogen-bond donors (Lipinski definition) is 0. The molecular formula is C7H7O3-. The average Bonchev–Trinajstić information content (AvgIpc) is 2.34. The molecule has 3 heteroatoms. The van der Waals surface area contributed by atoms with Gasteiger partial charge in [-0.25, -0.2) is 0 Å². The van der Waals surface area contributed by atoms with Gasteiger partial charge in [-0.1, -0.05) is 0 Å². The molecule has 0 unspecified atom stereocenters. The normalized spacial score (nSPS) is 9.60. The molecule has 0 aliphatic carbocycles. The van der Waals surface area contributed by atoms with Crippen LogP contribution in [0.4, 0.5) is 0 Å². The maximum absolute atomic E-state index is 9.94. The molecule has 0 amide bonds. The lowest BCUT2D eigenvalue weighted by Gasteiger charge is -1.96. The molecule has 0 N–H and O–H groups in total. The van der Waals surface area contributed by atoms with E-state index in [1.807, 2.05) is 0 Å². The van der Waals surface area contributed by atoms with Gasteiger partial charge in [0.25, 0.3) is 0 Å². The van der Waals surface area contributed by atoms with Crippen LogP contribution in [0.25, 0.3) is 0 Å². The summed E-state index contributed by atoms with van der Waals surface area (Å²) in [5, 5.41) is 9.94. The molecule has 0 saturated carbocycles. The summed E-state index contributed by atoms with van der Waals surface area (Å²) in [6.07, 6.45) is 1.95. The highest BCUT2D eigenvalue weighted by Gasteiger charge is 1.93. The van der Waals surface area contributed by atoms with Crippen molar-refractivity contribution >= 4 is 5.97 Å². The number of furan rings is 1. The second kappa shape index (κ2) is 3.06. The van der Waals surface area contributed by atoms with E-state index in [-0.39, 0.29) is 6.42 Å². The summed E-state index contributed by atoms with van der Waals surface area (Å²) in [7, 11) is 0. The molecule has 0 bridgehead atoms. The molecule has 10 heavy (non-hydrogen) atoms. The van der Waals surface area contributed by atoms with Crippen molar-refractivity contribution in [2.75, 3.05) is 0 Å². The van der Waals surface area contributed by atoms with E-state index in [2.05, 4.69) is 0 Å². The molecule has 0 atom stereocenters. The number of carbonyl (C=O) groups is 1. The second-order valence-corrected chi connectivity index (χ2v) is 1.95. The van der Waals surface area contributed by atoms with Crippen molar-refractivity contribution in [2.24, 2.45) is 0 Å². The lowest BCUT2D eigenvalue weighted by atomic mass is 10.2. The minimum atomic E-state index is -1.04. The predicted molar refractivity (Wildman–Crippen MR) is 32.0 cm³/mol. The van der Waals surface area contributed by atoms with E-state index in [0.717, 1.165) is 0 Å². The monoisotopic (exact) mass is 139 g/mol. The van der Waals surface area contributed by atoms with Gasteiger partial charge >= 0.3 is 0 Å². The van der Waals surface area contributed by atoms with Crippen molar-refractivity contribution in [3.05, 3.63) is 24.2 Å². The Kier molecular flexibility index (Phi) is 2.10. The summed E-state index contributed by atoms with van der Waals surface area (Å²) in [5.74, 6) is -0.361. The Hall–Kier alpha value is -1.25. The van der Waals surface area contributed by atoms with Crippen LogP contribution in [-0.2, 0) is 11.2 Å². The first kappa shape index (κ1) is 6.86. The van der Waals surface area contributed by atoms with Crippen LogP contribution in [0.15, 0.2) is 22.8 Å². The fourth-order valence-corrected chi connectivity index (χ4v) is 0.680. The van der Waals surface area contributed by atoms with E-state index < -0.39 is 5.97 Å². The van der Waals surface area contributed by atoms with Crippen molar-refractivity contribution < 1.29 is 14.3 Å². The smallest absolute Gasteiger partial charge is 0.104 e. The number of carboxylic acid groups (broad SMARTS) is 1. The van der Waals surface area contributed by atoms with Gasteiger partial charge < -0.3 is 14.3 Å². The Morgan fingerprint density at radius 1 is 1.70 bits per heavy atom. The fraction of sp³-hybridized carbons (Fsp3) is 0.286. The Bertz CT molecular complexity index is 201. The number of carbonyl (C=O) groups excluding carboxylic acids is 1. The molecule has 1 rings (SSSR count). The number of hydrogen-bond acceptors (Lipinski definition) is 3. The zero-order valence-corrected chi connectivity index (χ0v) is 5.37. The van der Waals surface area contributed by atoms with Crippen molar-refractivity contribution in [1.82, 2.24) is 0 Å². The van der Waals surface area contributed by atoms with Gasteiger partial charge in [0.05, 0.1) is 6.26 Å². The highest BCUT2D eigenvalue weighted by atomic mass is 16.4. The first-order valence-electron chi connectivity index (χ1n) is 3.01. The largest absolute Gasteiger partial charge is 0.550 e. The Morgan fingerprint density at radius 3 is 3.00 bits per heavy atom. The van der Waals surface area contributed by atoms with Crippen molar-refractivity contribution in [1.29, 1.82) is 0 Å². The topological polar surface area (TPSA) is 53.3 Å². The molecule has 3 nitrogen and oxygen atoms in total. The number of aliphatic carboxylic acids is 1. The van der Waals surface area contributed by atoms with Crippen molar-refractivity contribution in [3.8, 4) is 0 Å². The first-order valence-corrected chi connectivity index (χ1v) is 3.01. The Balaban J connectivity index is 2.35. The van der Waals surface area contributed by atoms with Crippen molar-refractivity contribution in [2.45, 2.75) is 12.8 Å². The van der Waals surface area contributed by atoms with E-state index in [0.29, 0.717) is 12.2 Å². The van der Waals surface area contributed by atoms with Crippen LogP contribution in [0.1, 0.15) is 12.2 Å². The van der Waals surface area contributed by atoms with E-state index >= 15 is 0 Å². The zero-order chi connectivity index (χ0) is 7.40. The van der Waals surface area contributed by atoms with Crippen molar-refractivity contribution in [3.63, 3.8) is 0 Å². The van der Waals surface area contributed by atoms with Gasteiger partial charge in [0, 0.05) is 12.4 Å². The molecule has 0 saturated heterocycles. The van der Waals surface area contributed by atoms with E-state index in [1.165, 1.54) is 6.26 Å². The Labute approximate surface area is 58.3 Å². The second-order valence-electron chi connectivity index (χ2n) is 1.95. The van der Waals surface area contributed by atoms with Gasteiger partial charge in [0.1, 0.15) is 5.76 Å². The average molecular weight is 139 g/mol. The van der Waals surface area contributed by atoms with Crippen LogP contribution < -0.4 is 5.11 Å². The molecule has 0 aliphatic heterocycles. The van der Waals surface area contributed by atoms with Gasteiger partial charge in [0.15, 0.2) is 0 Å². The lowest BCUT2D eigenvalue weighted by Crippen LogP contribution is -2.22. The van der Waals surface area contributed by atoms with E-state index in [4.69, 9.17) is 4.42 Å². The predicted octanol–water partition coefficient (Wildman–Crippen LogP) is -0.0379. The van der Waals surface area contributed by atoms with Gasteiger partial charge in [-0.3, -0.25) is 0 Å². The molecule has 0 radical (unpaired) electrons. The lowest BCUT2D eigenvalue weighted by molar-refractivity contribution is -0.305. The summed E-state index contributed by atoms with van der Waals surface area (Å²) in [6, 6.07) is 3.47. The minimum absolute atomic E-state index is 0.0213. The number of aryl methyl sites for hydroxylation is 1. The van der Waals surface area contributed by atoms with Gasteiger partial charge in [0.2, 0.25) is 0 Å². The first-order chi connectivity index (χ1) is 4.79. The maximum Gasteiger partial charge on any atom is 0.104 e. The zero-order valence-electron chi connectivity index (χ0n) is 5.37. The van der Waals surface area contributed by atoms with Crippen LogP contribution in [0.2, 0.25) is 0 Å². The fourth-order valence-electron chi connectivity index (χ4n) is 0.680. The Morgan fingerprint density at radius 2 is 2.50 bits per heavy atom. The SMILES string of the molecule is O=C([O-])CCc1ccco1. The molecule has 0 aromatic carbocycles. The van der Waals surface area contributed by atoms with E-state index in [1.54, 1.807) is 12.1 Å². The molecule has 1 heterocycles. The van der Waals surface area contributed by atoms with Gasteiger partial charge in [-0.05, 0) is 18.6 Å². The number of carboxylic acids is 1. The third-order valence-corrected chi connectivity index (χ3v) is 1.16. The summed E-state index contributed by atoms with van der Waals surface area (Å²) in [5.41, 5.74) is 0. The molecule has 0 spiro atoms. The summed E-state index contributed by atoms with van der Waals surface area (Å²) < 4.78 is 4.89. The van der Waals surface area contributed by atoms with Gasteiger partial charge in [-0.15, -0.1) is 0 Å². The van der Waals surface area contributed by atoms with Crippen LogP contribution in [-0.4, -0.2) is 5.97 Å². The molecule has 0 fully saturated rings. The number of rotatable bonds is 3.